The van der Waals surface area contributed by atoms with Crippen molar-refractivity contribution in [2.75, 3.05) is 16.8 Å². The SMILES string of the molecule is Cc1cc(C(=O)NC2CCS(=O)(=O)C2)nc(NCc2ccco2)n1. The minimum Gasteiger partial charge on any atom is -0.467 e. The lowest BCUT2D eigenvalue weighted by Gasteiger charge is -2.11. The fraction of sp³-hybridized carbons (Fsp3) is 0.400. The second kappa shape index (κ2) is 6.60. The molecule has 0 radical (unpaired) electrons. The van der Waals surface area contributed by atoms with Gasteiger partial charge in [-0.15, -0.1) is 0 Å². The Morgan fingerprint density at radius 2 is 2.25 bits per heavy atom. The highest BCUT2D eigenvalue weighted by atomic mass is 32.2. The van der Waals surface area contributed by atoms with E-state index in [2.05, 4.69) is 20.6 Å². The second-order valence-corrected chi connectivity index (χ2v) is 7.95. The van der Waals surface area contributed by atoms with E-state index in [1.165, 1.54) is 0 Å². The van der Waals surface area contributed by atoms with Crippen LogP contribution in [0, 0.1) is 6.92 Å². The summed E-state index contributed by atoms with van der Waals surface area (Å²) in [6.45, 7) is 2.16. The standard InChI is InChI=1S/C15H18N4O4S/c1-10-7-13(14(20)18-11-4-6-24(21,22)9-11)19-15(17-10)16-8-12-3-2-5-23-12/h2-3,5,7,11H,4,6,8-9H2,1H3,(H,18,20)(H,16,17,19). The number of amides is 1. The molecule has 2 aromatic rings. The van der Waals surface area contributed by atoms with Gasteiger partial charge in [-0.1, -0.05) is 0 Å². The monoisotopic (exact) mass is 350 g/mol. The molecule has 1 fully saturated rings. The van der Waals surface area contributed by atoms with Crippen LogP contribution in [0.5, 0.6) is 0 Å². The lowest BCUT2D eigenvalue weighted by atomic mass is 10.2. The van der Waals surface area contributed by atoms with Crippen LogP contribution in [0.15, 0.2) is 28.9 Å². The molecule has 9 heteroatoms. The van der Waals surface area contributed by atoms with Crippen molar-refractivity contribution in [3.8, 4) is 0 Å². The van der Waals surface area contributed by atoms with Gasteiger partial charge in [-0.25, -0.2) is 18.4 Å². The number of nitrogens with one attached hydrogen (secondary N) is 2. The van der Waals surface area contributed by atoms with Crippen LogP contribution in [-0.4, -0.2) is 41.8 Å². The predicted molar refractivity (Wildman–Crippen MR) is 87.3 cm³/mol. The quantitative estimate of drug-likeness (QED) is 0.823. The van der Waals surface area contributed by atoms with Gasteiger partial charge in [-0.05, 0) is 31.5 Å². The first-order valence-corrected chi connectivity index (χ1v) is 9.37. The summed E-state index contributed by atoms with van der Waals surface area (Å²) in [6.07, 6.45) is 2.00. The van der Waals surface area contributed by atoms with Crippen molar-refractivity contribution in [2.24, 2.45) is 0 Å². The molecule has 3 rings (SSSR count). The molecule has 0 saturated carbocycles. The van der Waals surface area contributed by atoms with Gasteiger partial charge in [0, 0.05) is 11.7 Å². The molecule has 1 aliphatic rings. The van der Waals surface area contributed by atoms with Gasteiger partial charge < -0.3 is 15.1 Å². The highest BCUT2D eigenvalue weighted by Gasteiger charge is 2.29. The van der Waals surface area contributed by atoms with Crippen molar-refractivity contribution >= 4 is 21.7 Å². The zero-order chi connectivity index (χ0) is 17.2. The number of aryl methyl sites for hydroxylation is 1. The molecule has 0 bridgehead atoms. The highest BCUT2D eigenvalue weighted by molar-refractivity contribution is 7.91. The van der Waals surface area contributed by atoms with Crippen LogP contribution in [0.25, 0.3) is 0 Å². The van der Waals surface area contributed by atoms with Gasteiger partial charge in [-0.2, -0.15) is 0 Å². The van der Waals surface area contributed by atoms with Crippen molar-refractivity contribution in [1.29, 1.82) is 0 Å². The number of rotatable bonds is 5. The predicted octanol–water partition coefficient (Wildman–Crippen LogP) is 0.907. The van der Waals surface area contributed by atoms with E-state index in [9.17, 15) is 13.2 Å². The molecule has 0 aliphatic carbocycles. The van der Waals surface area contributed by atoms with E-state index in [4.69, 9.17) is 4.42 Å². The number of hydrogen-bond donors (Lipinski definition) is 2. The van der Waals surface area contributed by atoms with Gasteiger partial charge >= 0.3 is 0 Å². The van der Waals surface area contributed by atoms with Crippen LogP contribution in [0.1, 0.15) is 28.4 Å². The first kappa shape index (κ1) is 16.4. The average molecular weight is 350 g/mol. The zero-order valence-electron chi connectivity index (χ0n) is 13.2. The number of furan rings is 1. The maximum absolute atomic E-state index is 12.3. The molecular formula is C15H18N4O4S. The van der Waals surface area contributed by atoms with Crippen LogP contribution < -0.4 is 10.6 Å². The van der Waals surface area contributed by atoms with Crippen LogP contribution in [0.4, 0.5) is 5.95 Å². The summed E-state index contributed by atoms with van der Waals surface area (Å²) < 4.78 is 28.2. The van der Waals surface area contributed by atoms with Crippen molar-refractivity contribution in [1.82, 2.24) is 15.3 Å². The Balaban J connectivity index is 1.67. The fourth-order valence-electron chi connectivity index (χ4n) is 2.51. The largest absolute Gasteiger partial charge is 0.467 e. The Labute approximate surface area is 139 Å². The number of hydrogen-bond acceptors (Lipinski definition) is 7. The van der Waals surface area contributed by atoms with Crippen LogP contribution >= 0.6 is 0 Å². The Morgan fingerprint density at radius 1 is 1.42 bits per heavy atom. The van der Waals surface area contributed by atoms with Crippen LogP contribution in [0.2, 0.25) is 0 Å². The van der Waals surface area contributed by atoms with Gasteiger partial charge in [-0.3, -0.25) is 4.79 Å². The van der Waals surface area contributed by atoms with Crippen LogP contribution in [0.3, 0.4) is 0 Å². The fourth-order valence-corrected chi connectivity index (χ4v) is 4.18. The number of aromatic nitrogens is 2. The Bertz CT molecular complexity index is 833. The molecule has 3 heterocycles. The molecule has 1 amide bonds. The van der Waals surface area contributed by atoms with Crippen molar-refractivity contribution < 1.29 is 17.6 Å². The Hall–Kier alpha value is -2.42. The van der Waals surface area contributed by atoms with Crippen molar-refractivity contribution in [3.05, 3.63) is 41.6 Å². The lowest BCUT2D eigenvalue weighted by molar-refractivity contribution is 0.0936. The van der Waals surface area contributed by atoms with Gasteiger partial charge in [0.05, 0.1) is 24.3 Å². The van der Waals surface area contributed by atoms with E-state index in [0.29, 0.717) is 24.6 Å². The van der Waals surface area contributed by atoms with E-state index >= 15 is 0 Å². The van der Waals surface area contributed by atoms with E-state index in [0.717, 1.165) is 5.76 Å². The first-order chi connectivity index (χ1) is 11.4. The number of anilines is 1. The molecule has 8 nitrogen and oxygen atoms in total. The minimum atomic E-state index is -3.04. The van der Waals surface area contributed by atoms with E-state index in [-0.39, 0.29) is 23.2 Å². The molecule has 128 valence electrons. The molecule has 2 aromatic heterocycles. The van der Waals surface area contributed by atoms with Crippen molar-refractivity contribution in [2.45, 2.75) is 25.9 Å². The molecule has 1 unspecified atom stereocenters. The normalized spacial score (nSPS) is 19.1. The summed E-state index contributed by atoms with van der Waals surface area (Å²) in [5.74, 6) is 0.727. The Morgan fingerprint density at radius 3 is 2.92 bits per heavy atom. The molecule has 2 N–H and O–H groups in total. The summed E-state index contributed by atoms with van der Waals surface area (Å²) >= 11 is 0. The molecule has 1 aliphatic heterocycles. The van der Waals surface area contributed by atoms with Gasteiger partial charge in [0.15, 0.2) is 9.84 Å². The van der Waals surface area contributed by atoms with Gasteiger partial charge in [0.25, 0.3) is 5.91 Å². The third kappa shape index (κ3) is 4.10. The third-order valence-corrected chi connectivity index (χ3v) is 5.42. The van der Waals surface area contributed by atoms with Gasteiger partial charge in [0.2, 0.25) is 5.95 Å². The van der Waals surface area contributed by atoms with Gasteiger partial charge in [0.1, 0.15) is 11.5 Å². The summed E-state index contributed by atoms with van der Waals surface area (Å²) in [6, 6.07) is 4.80. The molecule has 0 spiro atoms. The lowest BCUT2D eigenvalue weighted by Crippen LogP contribution is -2.36. The highest BCUT2D eigenvalue weighted by Crippen LogP contribution is 2.13. The average Bonchev–Trinajstić information content (AvgIpc) is 3.14. The molecule has 0 aromatic carbocycles. The summed E-state index contributed by atoms with van der Waals surface area (Å²) in [5, 5.41) is 5.72. The maximum atomic E-state index is 12.3. The van der Waals surface area contributed by atoms with E-state index < -0.39 is 15.7 Å². The number of nitrogens with zero attached hydrogens (tertiary/aromatic N) is 2. The number of sulfone groups is 1. The van der Waals surface area contributed by atoms with Crippen molar-refractivity contribution in [3.63, 3.8) is 0 Å². The second-order valence-electron chi connectivity index (χ2n) is 5.72. The third-order valence-electron chi connectivity index (χ3n) is 3.66. The molecular weight excluding hydrogens is 332 g/mol. The molecule has 24 heavy (non-hydrogen) atoms. The first-order valence-electron chi connectivity index (χ1n) is 7.54. The summed E-state index contributed by atoms with van der Waals surface area (Å²) in [4.78, 5) is 20.7. The topological polar surface area (TPSA) is 114 Å². The maximum Gasteiger partial charge on any atom is 0.270 e. The summed E-state index contributed by atoms with van der Waals surface area (Å²) in [5.41, 5.74) is 0.838. The number of carbonyl (C=O) groups is 1. The summed E-state index contributed by atoms with van der Waals surface area (Å²) in [7, 11) is -3.04. The molecule has 1 saturated heterocycles. The van der Waals surface area contributed by atoms with E-state index in [1.807, 2.05) is 6.07 Å². The molecule has 1 atom stereocenters. The van der Waals surface area contributed by atoms with E-state index in [1.54, 1.807) is 25.3 Å². The minimum absolute atomic E-state index is 0.0214. The number of carbonyl (C=O) groups excluding carboxylic acids is 1. The van der Waals surface area contributed by atoms with Crippen LogP contribution in [-0.2, 0) is 16.4 Å². The zero-order valence-corrected chi connectivity index (χ0v) is 14.0. The Kier molecular flexibility index (Phi) is 4.52. The smallest absolute Gasteiger partial charge is 0.270 e.